The van der Waals surface area contributed by atoms with Crippen LogP contribution in [0.5, 0.6) is 5.75 Å². The van der Waals surface area contributed by atoms with Crippen molar-refractivity contribution >= 4 is 15.9 Å². The lowest BCUT2D eigenvalue weighted by Crippen LogP contribution is -2.38. The predicted octanol–water partition coefficient (Wildman–Crippen LogP) is 5.21. The second-order valence-electron chi connectivity index (χ2n) is 9.49. The maximum atomic E-state index is 13.8. The van der Waals surface area contributed by atoms with Crippen molar-refractivity contribution in [2.24, 2.45) is 0 Å². The van der Waals surface area contributed by atoms with E-state index < -0.39 is 22.1 Å². The fourth-order valence-electron chi connectivity index (χ4n) is 4.63. The quantitative estimate of drug-likeness (QED) is 0.268. The molecule has 2 heterocycles. The number of fused-ring (bicyclic) bond motifs is 1. The number of carbonyl (C=O) groups excluding carboxylic acids is 1. The van der Waals surface area contributed by atoms with Gasteiger partial charge in [0.15, 0.2) is 5.69 Å². The van der Waals surface area contributed by atoms with E-state index in [9.17, 15) is 26.4 Å². The molecule has 1 aromatic heterocycles. The van der Waals surface area contributed by atoms with Gasteiger partial charge in [-0.25, -0.2) is 8.42 Å². The third-order valence-electron chi connectivity index (χ3n) is 6.71. The number of sulfonamides is 1. The van der Waals surface area contributed by atoms with Crippen LogP contribution in [0.15, 0.2) is 94.3 Å². The first-order chi connectivity index (χ1) is 19.6. The molecule has 214 valence electrons. The number of ether oxygens (including phenoxy) is 1. The van der Waals surface area contributed by atoms with Crippen molar-refractivity contribution in [3.05, 3.63) is 113 Å². The van der Waals surface area contributed by atoms with Gasteiger partial charge >= 0.3 is 6.36 Å². The summed E-state index contributed by atoms with van der Waals surface area (Å²) in [6.07, 6.45) is -4.10. The topological polar surface area (TPSA) is 93.0 Å². The predicted molar refractivity (Wildman–Crippen MR) is 142 cm³/mol. The lowest BCUT2D eigenvalue weighted by molar-refractivity contribution is -0.274. The molecule has 0 aliphatic carbocycles. The number of hydrogen-bond acceptors (Lipinski definition) is 6. The Balaban J connectivity index is 1.37. The highest BCUT2D eigenvalue weighted by molar-refractivity contribution is 7.89. The van der Waals surface area contributed by atoms with Gasteiger partial charge in [-0.05, 0) is 41.8 Å². The molecule has 0 spiro atoms. The maximum Gasteiger partial charge on any atom is 0.573 e. The van der Waals surface area contributed by atoms with Crippen LogP contribution in [0.4, 0.5) is 13.2 Å². The van der Waals surface area contributed by atoms with Crippen molar-refractivity contribution in [1.29, 1.82) is 0 Å². The molecule has 5 rings (SSSR count). The smallest absolute Gasteiger partial charge is 0.406 e. The number of alkyl halides is 3. The molecule has 1 amide bonds. The first-order valence-corrected chi connectivity index (χ1v) is 14.2. The van der Waals surface area contributed by atoms with E-state index in [1.807, 2.05) is 60.7 Å². The van der Waals surface area contributed by atoms with E-state index in [-0.39, 0.29) is 36.0 Å². The average Bonchev–Trinajstić information content (AvgIpc) is 3.39. The molecule has 3 aromatic carbocycles. The molecular formula is C29H26F3N3O5S. The highest BCUT2D eigenvalue weighted by Crippen LogP contribution is 2.30. The largest absolute Gasteiger partial charge is 0.573 e. The summed E-state index contributed by atoms with van der Waals surface area (Å²) in [7, 11) is -4.10. The molecule has 0 saturated heterocycles. The molecule has 0 radical (unpaired) electrons. The van der Waals surface area contributed by atoms with E-state index in [1.165, 1.54) is 0 Å². The molecule has 0 atom stereocenters. The Kier molecular flexibility index (Phi) is 8.13. The van der Waals surface area contributed by atoms with Crippen molar-refractivity contribution < 1.29 is 35.6 Å². The van der Waals surface area contributed by atoms with Gasteiger partial charge in [0, 0.05) is 38.2 Å². The van der Waals surface area contributed by atoms with Gasteiger partial charge in [0.25, 0.3) is 5.91 Å². The maximum absolute atomic E-state index is 13.8. The monoisotopic (exact) mass is 585 g/mol. The SMILES string of the molecule is O=C(c1noc2c1CN(S(=O)(=O)c1ccc(OC(F)(F)F)cc1)CC2)N(CCc1ccccc1)Cc1ccccc1. The molecule has 0 bridgehead atoms. The number of nitrogens with zero attached hydrogens (tertiary/aromatic N) is 3. The Labute approximate surface area is 235 Å². The highest BCUT2D eigenvalue weighted by Gasteiger charge is 2.36. The van der Waals surface area contributed by atoms with Crippen LogP contribution in [0, 0.1) is 0 Å². The van der Waals surface area contributed by atoms with Crippen molar-refractivity contribution in [2.45, 2.75) is 37.2 Å². The van der Waals surface area contributed by atoms with Crippen LogP contribution in [0.1, 0.15) is 32.9 Å². The van der Waals surface area contributed by atoms with Crippen molar-refractivity contribution in [1.82, 2.24) is 14.4 Å². The Morgan fingerprint density at radius 3 is 2.22 bits per heavy atom. The third-order valence-corrected chi connectivity index (χ3v) is 8.57. The van der Waals surface area contributed by atoms with Crippen LogP contribution >= 0.6 is 0 Å². The number of halogens is 3. The molecular weight excluding hydrogens is 559 g/mol. The van der Waals surface area contributed by atoms with Crippen LogP contribution < -0.4 is 4.74 Å². The average molecular weight is 586 g/mol. The van der Waals surface area contributed by atoms with Crippen LogP contribution in [0.3, 0.4) is 0 Å². The first kappa shape index (κ1) is 28.4. The molecule has 4 aromatic rings. The number of carbonyl (C=O) groups is 1. The van der Waals surface area contributed by atoms with Gasteiger partial charge in [0.05, 0.1) is 4.90 Å². The van der Waals surface area contributed by atoms with Gasteiger partial charge in [-0.1, -0.05) is 65.8 Å². The normalized spacial score (nSPS) is 13.9. The zero-order valence-electron chi connectivity index (χ0n) is 21.8. The minimum absolute atomic E-state index is 0.0396. The molecule has 1 aliphatic rings. The lowest BCUT2D eigenvalue weighted by Gasteiger charge is -2.27. The summed E-state index contributed by atoms with van der Waals surface area (Å²) in [6.45, 7) is 0.609. The van der Waals surface area contributed by atoms with Crippen LogP contribution in [0.25, 0.3) is 0 Å². The molecule has 1 aliphatic heterocycles. The summed E-state index contributed by atoms with van der Waals surface area (Å²) in [5, 5.41) is 4.04. The zero-order valence-corrected chi connectivity index (χ0v) is 22.6. The van der Waals surface area contributed by atoms with E-state index in [4.69, 9.17) is 4.52 Å². The molecule has 12 heteroatoms. The van der Waals surface area contributed by atoms with Gasteiger partial charge in [-0.3, -0.25) is 4.79 Å². The Hall–Kier alpha value is -4.16. The summed E-state index contributed by atoms with van der Waals surface area (Å²) >= 11 is 0. The minimum Gasteiger partial charge on any atom is -0.406 e. The molecule has 8 nitrogen and oxygen atoms in total. The molecule has 0 saturated carbocycles. The summed E-state index contributed by atoms with van der Waals surface area (Å²) < 4.78 is 74.6. The van der Waals surface area contributed by atoms with E-state index in [0.717, 1.165) is 39.7 Å². The van der Waals surface area contributed by atoms with E-state index in [1.54, 1.807) is 4.90 Å². The third kappa shape index (κ3) is 6.77. The molecule has 41 heavy (non-hydrogen) atoms. The number of rotatable bonds is 9. The van der Waals surface area contributed by atoms with Gasteiger partial charge in [0.1, 0.15) is 11.5 Å². The first-order valence-electron chi connectivity index (χ1n) is 12.8. The number of benzene rings is 3. The Morgan fingerprint density at radius 1 is 0.951 bits per heavy atom. The van der Waals surface area contributed by atoms with E-state index in [0.29, 0.717) is 30.8 Å². The molecule has 0 fully saturated rings. The Bertz CT molecular complexity index is 1590. The minimum atomic E-state index is -4.89. The standard InChI is InChI=1S/C29H26F3N3O5S/c30-29(31,32)39-23-11-13-24(14-12-23)41(37,38)35-18-16-26-25(20-35)27(33-40-26)28(36)34(19-22-9-5-2-6-10-22)17-15-21-7-3-1-4-8-21/h1-14H,15-20H2. The van der Waals surface area contributed by atoms with Crippen LogP contribution in [0.2, 0.25) is 0 Å². The number of hydrogen-bond donors (Lipinski definition) is 0. The van der Waals surface area contributed by atoms with E-state index in [2.05, 4.69) is 9.89 Å². The lowest BCUT2D eigenvalue weighted by atomic mass is 10.1. The molecule has 0 N–H and O–H groups in total. The summed E-state index contributed by atoms with van der Waals surface area (Å²) in [5.74, 6) is -0.488. The summed E-state index contributed by atoms with van der Waals surface area (Å²) in [6, 6.07) is 23.2. The Morgan fingerprint density at radius 2 is 1.59 bits per heavy atom. The fraction of sp³-hybridized carbons (Fsp3) is 0.241. The highest BCUT2D eigenvalue weighted by atomic mass is 32.2. The van der Waals surface area contributed by atoms with Crippen molar-refractivity contribution in [3.8, 4) is 5.75 Å². The molecule has 0 unspecified atom stereocenters. The van der Waals surface area contributed by atoms with Gasteiger partial charge in [-0.2, -0.15) is 4.31 Å². The van der Waals surface area contributed by atoms with Crippen molar-refractivity contribution in [3.63, 3.8) is 0 Å². The van der Waals surface area contributed by atoms with Gasteiger partial charge in [-0.15, -0.1) is 13.2 Å². The van der Waals surface area contributed by atoms with Crippen LogP contribution in [-0.4, -0.2) is 48.1 Å². The summed E-state index contributed by atoms with van der Waals surface area (Å²) in [5.41, 5.74) is 2.40. The van der Waals surface area contributed by atoms with Gasteiger partial charge < -0.3 is 14.2 Å². The number of amides is 1. The fourth-order valence-corrected chi connectivity index (χ4v) is 6.04. The zero-order chi connectivity index (χ0) is 29.0. The van der Waals surface area contributed by atoms with Crippen molar-refractivity contribution in [2.75, 3.05) is 13.1 Å². The second-order valence-corrected chi connectivity index (χ2v) is 11.4. The van der Waals surface area contributed by atoms with E-state index >= 15 is 0 Å². The summed E-state index contributed by atoms with van der Waals surface area (Å²) in [4.78, 5) is 15.3. The second kappa shape index (κ2) is 11.8. The van der Waals surface area contributed by atoms with Crippen LogP contribution in [-0.2, 0) is 36.0 Å². The number of aromatic nitrogens is 1. The van der Waals surface area contributed by atoms with Gasteiger partial charge in [0.2, 0.25) is 10.0 Å².